The molecule has 0 radical (unpaired) electrons. The van der Waals surface area contributed by atoms with Gasteiger partial charge >= 0.3 is 5.97 Å². The molecule has 18 heavy (non-hydrogen) atoms. The molecule has 1 atom stereocenters. The number of fused-ring (bicyclic) bond motifs is 1. The largest absolute Gasteiger partial charge is 0.496 e. The summed E-state index contributed by atoms with van der Waals surface area (Å²) in [4.78, 5) is 13.6. The molecule has 1 unspecified atom stereocenters. The van der Waals surface area contributed by atoms with E-state index in [1.807, 2.05) is 6.07 Å². The van der Waals surface area contributed by atoms with Gasteiger partial charge in [0.05, 0.1) is 7.11 Å². The third-order valence-corrected chi connectivity index (χ3v) is 3.76. The van der Waals surface area contributed by atoms with Crippen molar-refractivity contribution in [3.63, 3.8) is 0 Å². The van der Waals surface area contributed by atoms with E-state index in [0.29, 0.717) is 11.8 Å². The molecule has 98 valence electrons. The summed E-state index contributed by atoms with van der Waals surface area (Å²) in [5.41, 5.74) is 2.57. The minimum atomic E-state index is -0.930. The first-order valence-electron chi connectivity index (χ1n) is 6.26. The summed E-state index contributed by atoms with van der Waals surface area (Å²) in [5, 5.41) is 9.17. The van der Waals surface area contributed by atoms with Gasteiger partial charge in [0.1, 0.15) is 11.3 Å². The lowest BCUT2D eigenvalue weighted by Crippen LogP contribution is -2.33. The van der Waals surface area contributed by atoms with Gasteiger partial charge in [-0.3, -0.25) is 4.90 Å². The zero-order valence-corrected chi connectivity index (χ0v) is 11.1. The molecule has 0 aromatic heterocycles. The van der Waals surface area contributed by atoms with Crippen LogP contribution in [0, 0.1) is 0 Å². The van der Waals surface area contributed by atoms with E-state index in [9.17, 15) is 9.90 Å². The van der Waals surface area contributed by atoms with Gasteiger partial charge in [0.15, 0.2) is 0 Å². The number of hydrogen-bond acceptors (Lipinski definition) is 3. The highest BCUT2D eigenvalue weighted by atomic mass is 16.5. The SMILES string of the molecule is CCN1CCc2cc(C(=O)O)c(OC)cc2C1C. The Labute approximate surface area is 107 Å². The fourth-order valence-electron chi connectivity index (χ4n) is 2.67. The van der Waals surface area contributed by atoms with Crippen molar-refractivity contribution in [3.05, 3.63) is 28.8 Å². The number of rotatable bonds is 3. The molecule has 0 saturated heterocycles. The Morgan fingerprint density at radius 2 is 2.28 bits per heavy atom. The second kappa shape index (κ2) is 4.98. The standard InChI is InChI=1S/C14H19NO3/c1-4-15-6-5-10-7-12(14(16)17)13(18-3)8-11(10)9(15)2/h7-9H,4-6H2,1-3H3,(H,16,17). The number of carbonyl (C=O) groups is 1. The van der Waals surface area contributed by atoms with Crippen LogP contribution in [0.2, 0.25) is 0 Å². The van der Waals surface area contributed by atoms with Crippen LogP contribution in [0.25, 0.3) is 0 Å². The molecule has 0 saturated carbocycles. The molecule has 1 N–H and O–H groups in total. The zero-order chi connectivity index (χ0) is 13.3. The molecule has 0 amide bonds. The molecule has 0 fully saturated rings. The molecular weight excluding hydrogens is 230 g/mol. The van der Waals surface area contributed by atoms with Gasteiger partial charge in [-0.1, -0.05) is 6.92 Å². The lowest BCUT2D eigenvalue weighted by atomic mass is 9.91. The molecule has 1 aliphatic rings. The Hall–Kier alpha value is -1.55. The molecule has 4 nitrogen and oxygen atoms in total. The van der Waals surface area contributed by atoms with Crippen molar-refractivity contribution in [3.8, 4) is 5.75 Å². The highest BCUT2D eigenvalue weighted by Gasteiger charge is 2.25. The molecular formula is C14H19NO3. The van der Waals surface area contributed by atoms with Crippen molar-refractivity contribution in [1.82, 2.24) is 4.90 Å². The molecule has 1 heterocycles. The van der Waals surface area contributed by atoms with Crippen molar-refractivity contribution < 1.29 is 14.6 Å². The second-order valence-corrected chi connectivity index (χ2v) is 4.61. The van der Waals surface area contributed by atoms with Crippen molar-refractivity contribution in [2.24, 2.45) is 0 Å². The maximum Gasteiger partial charge on any atom is 0.339 e. The predicted molar refractivity (Wildman–Crippen MR) is 69.3 cm³/mol. The van der Waals surface area contributed by atoms with E-state index >= 15 is 0 Å². The van der Waals surface area contributed by atoms with Gasteiger partial charge in [-0.25, -0.2) is 4.79 Å². The fraction of sp³-hybridized carbons (Fsp3) is 0.500. The van der Waals surface area contributed by atoms with Gasteiger partial charge in [-0.15, -0.1) is 0 Å². The van der Waals surface area contributed by atoms with Crippen molar-refractivity contribution >= 4 is 5.97 Å². The number of carboxylic acid groups (broad SMARTS) is 1. The van der Waals surface area contributed by atoms with Crippen LogP contribution in [0.3, 0.4) is 0 Å². The number of likely N-dealkylation sites (N-methyl/N-ethyl adjacent to an activating group) is 1. The first-order valence-corrected chi connectivity index (χ1v) is 6.26. The summed E-state index contributed by atoms with van der Waals surface area (Å²) in [5.74, 6) is -0.480. The van der Waals surface area contributed by atoms with E-state index in [2.05, 4.69) is 18.7 Å². The lowest BCUT2D eigenvalue weighted by molar-refractivity contribution is 0.0693. The third kappa shape index (κ3) is 2.08. The Morgan fingerprint density at radius 1 is 1.56 bits per heavy atom. The molecule has 1 aromatic rings. The number of benzene rings is 1. The number of ether oxygens (including phenoxy) is 1. The van der Waals surface area contributed by atoms with E-state index in [-0.39, 0.29) is 5.56 Å². The molecule has 2 rings (SSSR count). The summed E-state index contributed by atoms with van der Waals surface area (Å²) < 4.78 is 5.19. The van der Waals surface area contributed by atoms with Crippen LogP contribution >= 0.6 is 0 Å². The van der Waals surface area contributed by atoms with Crippen molar-refractivity contribution in [2.75, 3.05) is 20.2 Å². The molecule has 0 spiro atoms. The average Bonchev–Trinajstić information content (AvgIpc) is 2.38. The molecule has 0 bridgehead atoms. The Bertz CT molecular complexity index is 470. The highest BCUT2D eigenvalue weighted by molar-refractivity contribution is 5.91. The number of nitrogens with zero attached hydrogens (tertiary/aromatic N) is 1. The number of hydrogen-bond donors (Lipinski definition) is 1. The van der Waals surface area contributed by atoms with Gasteiger partial charge < -0.3 is 9.84 Å². The van der Waals surface area contributed by atoms with Crippen LogP contribution in [-0.2, 0) is 6.42 Å². The van der Waals surface area contributed by atoms with Gasteiger partial charge in [0, 0.05) is 12.6 Å². The molecule has 1 aliphatic heterocycles. The quantitative estimate of drug-likeness (QED) is 0.893. The minimum Gasteiger partial charge on any atom is -0.496 e. The lowest BCUT2D eigenvalue weighted by Gasteiger charge is -2.34. The van der Waals surface area contributed by atoms with Crippen molar-refractivity contribution in [1.29, 1.82) is 0 Å². The van der Waals surface area contributed by atoms with Crippen LogP contribution in [0.5, 0.6) is 5.75 Å². The van der Waals surface area contributed by atoms with Crippen LogP contribution in [0.1, 0.15) is 41.4 Å². The number of aromatic carboxylic acids is 1. The summed E-state index contributed by atoms with van der Waals surface area (Å²) in [6.07, 6.45) is 0.901. The monoisotopic (exact) mass is 249 g/mol. The van der Waals surface area contributed by atoms with Gasteiger partial charge in [0.2, 0.25) is 0 Å². The van der Waals surface area contributed by atoms with Crippen LogP contribution < -0.4 is 4.74 Å². The van der Waals surface area contributed by atoms with Gasteiger partial charge in [-0.2, -0.15) is 0 Å². The van der Waals surface area contributed by atoms with E-state index in [1.54, 1.807) is 6.07 Å². The van der Waals surface area contributed by atoms with Crippen LogP contribution in [-0.4, -0.2) is 36.2 Å². The van der Waals surface area contributed by atoms with Crippen molar-refractivity contribution in [2.45, 2.75) is 26.3 Å². The molecule has 1 aromatic carbocycles. The maximum atomic E-state index is 11.2. The third-order valence-electron chi connectivity index (χ3n) is 3.76. The summed E-state index contributed by atoms with van der Waals surface area (Å²) in [6, 6.07) is 3.96. The Morgan fingerprint density at radius 3 is 2.83 bits per heavy atom. The fourth-order valence-corrected chi connectivity index (χ4v) is 2.67. The summed E-state index contributed by atoms with van der Waals surface area (Å²) >= 11 is 0. The first-order chi connectivity index (χ1) is 8.58. The minimum absolute atomic E-state index is 0.258. The normalized spacial score (nSPS) is 19.4. The zero-order valence-electron chi connectivity index (χ0n) is 11.1. The predicted octanol–water partition coefficient (Wildman–Crippen LogP) is 2.33. The van der Waals surface area contributed by atoms with E-state index in [1.165, 1.54) is 12.7 Å². The average molecular weight is 249 g/mol. The highest BCUT2D eigenvalue weighted by Crippen LogP contribution is 2.34. The Balaban J connectivity index is 2.49. The second-order valence-electron chi connectivity index (χ2n) is 4.61. The smallest absolute Gasteiger partial charge is 0.339 e. The topological polar surface area (TPSA) is 49.8 Å². The summed E-state index contributed by atoms with van der Waals surface area (Å²) in [6.45, 7) is 6.28. The van der Waals surface area contributed by atoms with E-state index in [4.69, 9.17) is 4.74 Å². The maximum absolute atomic E-state index is 11.2. The van der Waals surface area contributed by atoms with E-state index < -0.39 is 5.97 Å². The molecule has 0 aliphatic carbocycles. The van der Waals surface area contributed by atoms with E-state index in [0.717, 1.165) is 25.1 Å². The number of carboxylic acids is 1. The van der Waals surface area contributed by atoms with Crippen LogP contribution in [0.15, 0.2) is 12.1 Å². The van der Waals surface area contributed by atoms with Crippen LogP contribution in [0.4, 0.5) is 0 Å². The van der Waals surface area contributed by atoms with Gasteiger partial charge in [0.25, 0.3) is 0 Å². The Kier molecular flexibility index (Phi) is 3.57. The molecule has 4 heteroatoms. The summed E-state index contributed by atoms with van der Waals surface area (Å²) in [7, 11) is 1.51. The first kappa shape index (κ1) is 12.9. The number of methoxy groups -OCH3 is 1. The van der Waals surface area contributed by atoms with Gasteiger partial charge in [-0.05, 0) is 43.1 Å².